The number of nitrogens with one attached hydrogen (secondary N) is 1. The highest BCUT2D eigenvalue weighted by molar-refractivity contribution is 5.85. The number of rotatable bonds is 7. The van der Waals surface area contributed by atoms with Gasteiger partial charge in [-0.3, -0.25) is 10.1 Å². The second kappa shape index (κ2) is 8.14. The molecule has 9 heteroatoms. The van der Waals surface area contributed by atoms with E-state index in [0.29, 0.717) is 12.2 Å². The average Bonchev–Trinajstić information content (AvgIpc) is 2.40. The van der Waals surface area contributed by atoms with E-state index in [1.807, 2.05) is 6.92 Å². The molecule has 0 heterocycles. The number of benzene rings is 1. The van der Waals surface area contributed by atoms with Crippen molar-refractivity contribution in [2.45, 2.75) is 39.3 Å². The molecule has 1 atom stereocenters. The normalized spacial score (nSPS) is 12.3. The Morgan fingerprint density at radius 3 is 2.41 bits per heavy atom. The number of halogens is 1. The quantitative estimate of drug-likeness (QED) is 0.340. The number of anilines is 2. The summed E-state index contributed by atoms with van der Waals surface area (Å²) in [5.74, 6) is -2.22. The van der Waals surface area contributed by atoms with Crippen LogP contribution in [0.1, 0.15) is 27.2 Å². The van der Waals surface area contributed by atoms with E-state index in [1.54, 1.807) is 17.9 Å². The molecule has 8 nitrogen and oxygen atoms in total. The number of hydrogen-bond acceptors (Lipinski definition) is 7. The van der Waals surface area contributed by atoms with Crippen LogP contribution >= 0.6 is 12.4 Å². The van der Waals surface area contributed by atoms with E-state index >= 15 is 0 Å². The van der Waals surface area contributed by atoms with Gasteiger partial charge in [-0.15, -0.1) is 12.4 Å². The van der Waals surface area contributed by atoms with Crippen LogP contribution in [0.4, 0.5) is 17.1 Å². The molecule has 4 N–H and O–H groups in total. The average molecular weight is 336 g/mol. The number of aliphatic hydroxyl groups is 3. The number of hydrogen-bond donors (Lipinski definition) is 4. The second-order valence-corrected chi connectivity index (χ2v) is 4.67. The molecule has 1 unspecified atom stereocenters. The first-order valence-corrected chi connectivity index (χ1v) is 6.68. The number of nitrogens with zero attached hydrogens (tertiary/aromatic N) is 2. The maximum Gasteiger partial charge on any atom is 0.294 e. The maximum atomic E-state index is 11.2. The van der Waals surface area contributed by atoms with Gasteiger partial charge in [-0.2, -0.15) is 0 Å². The molecule has 1 aromatic rings. The molecule has 1 rings (SSSR count). The van der Waals surface area contributed by atoms with Gasteiger partial charge in [0.25, 0.3) is 5.69 Å². The zero-order chi connectivity index (χ0) is 16.2. The van der Waals surface area contributed by atoms with Gasteiger partial charge in [-0.1, -0.05) is 6.92 Å². The number of aliphatic hydroxyl groups excluding tert-OH is 1. The molecule has 126 valence electrons. The lowest BCUT2D eigenvalue weighted by molar-refractivity contribution is -0.384. The molecular formula is C13H22ClN3O5. The zero-order valence-electron chi connectivity index (χ0n) is 12.7. The zero-order valence-corrected chi connectivity index (χ0v) is 13.5. The molecule has 0 aliphatic rings. The number of nitro benzene ring substituents is 1. The van der Waals surface area contributed by atoms with Gasteiger partial charge in [-0.25, -0.2) is 0 Å². The van der Waals surface area contributed by atoms with Crippen LogP contribution in [0.2, 0.25) is 0 Å². The topological polar surface area (TPSA) is 119 Å². The van der Waals surface area contributed by atoms with E-state index in [9.17, 15) is 25.4 Å². The summed E-state index contributed by atoms with van der Waals surface area (Å²) in [4.78, 5) is 12.1. The minimum atomic E-state index is -2.22. The van der Waals surface area contributed by atoms with Crippen molar-refractivity contribution in [3.8, 4) is 0 Å². The number of nitro groups is 1. The predicted molar refractivity (Wildman–Crippen MR) is 86.1 cm³/mol. The first-order chi connectivity index (χ1) is 9.71. The summed E-state index contributed by atoms with van der Waals surface area (Å²) in [6.45, 7) is 5.37. The summed E-state index contributed by atoms with van der Waals surface area (Å²) in [6, 6.07) is 4.23. The summed E-state index contributed by atoms with van der Waals surface area (Å²) < 4.78 is 0. The predicted octanol–water partition coefficient (Wildman–Crippen LogP) is 1.64. The molecule has 0 aliphatic heterocycles. The third kappa shape index (κ3) is 4.99. The molecule has 0 saturated heterocycles. The summed E-state index contributed by atoms with van der Waals surface area (Å²) in [7, 11) is 0. The smallest absolute Gasteiger partial charge is 0.294 e. The summed E-state index contributed by atoms with van der Waals surface area (Å²) in [6.07, 6.45) is -0.834. The van der Waals surface area contributed by atoms with Gasteiger partial charge < -0.3 is 25.5 Å². The van der Waals surface area contributed by atoms with Crippen LogP contribution < -0.4 is 10.2 Å². The van der Waals surface area contributed by atoms with E-state index in [1.165, 1.54) is 19.1 Å². The Hall–Kier alpha value is -1.61. The van der Waals surface area contributed by atoms with Gasteiger partial charge in [-0.05, 0) is 26.0 Å². The van der Waals surface area contributed by atoms with E-state index in [0.717, 1.165) is 0 Å². The molecule has 0 fully saturated rings. The minimum absolute atomic E-state index is 0. The SMILES string of the molecule is CCN(c1ccc(NC(O)(O)CC)c([N+](=O)[O-])c1)C(C)O.Cl. The van der Waals surface area contributed by atoms with Gasteiger partial charge in [0.15, 0.2) is 0 Å². The monoisotopic (exact) mass is 335 g/mol. The third-order valence-electron chi connectivity index (χ3n) is 3.13. The Morgan fingerprint density at radius 1 is 1.41 bits per heavy atom. The van der Waals surface area contributed by atoms with E-state index < -0.39 is 17.1 Å². The minimum Gasteiger partial charge on any atom is -0.374 e. The molecule has 0 aromatic heterocycles. The van der Waals surface area contributed by atoms with E-state index in [4.69, 9.17) is 0 Å². The van der Waals surface area contributed by atoms with Gasteiger partial charge in [0.2, 0.25) is 5.91 Å². The highest BCUT2D eigenvalue weighted by Gasteiger charge is 2.25. The van der Waals surface area contributed by atoms with Crippen LogP contribution in [0.5, 0.6) is 0 Å². The Kier molecular flexibility index (Phi) is 7.54. The van der Waals surface area contributed by atoms with Crippen molar-refractivity contribution in [1.29, 1.82) is 0 Å². The summed E-state index contributed by atoms with van der Waals surface area (Å²) >= 11 is 0. The Bertz CT molecular complexity index is 510. The van der Waals surface area contributed by atoms with Gasteiger partial charge >= 0.3 is 0 Å². The Morgan fingerprint density at radius 2 is 2.00 bits per heavy atom. The van der Waals surface area contributed by atoms with Crippen molar-refractivity contribution >= 4 is 29.5 Å². The highest BCUT2D eigenvalue weighted by Crippen LogP contribution is 2.31. The van der Waals surface area contributed by atoms with Crippen molar-refractivity contribution in [2.75, 3.05) is 16.8 Å². The molecule has 1 aromatic carbocycles. The van der Waals surface area contributed by atoms with E-state index in [2.05, 4.69) is 5.32 Å². The lowest BCUT2D eigenvalue weighted by Crippen LogP contribution is -2.37. The Balaban J connectivity index is 0.00000441. The van der Waals surface area contributed by atoms with Gasteiger partial charge in [0, 0.05) is 24.7 Å². The van der Waals surface area contributed by atoms with Crippen LogP contribution in [0.25, 0.3) is 0 Å². The Labute approximate surface area is 134 Å². The van der Waals surface area contributed by atoms with Crippen LogP contribution in [0.3, 0.4) is 0 Å². The van der Waals surface area contributed by atoms with Gasteiger partial charge in [0.1, 0.15) is 11.9 Å². The van der Waals surface area contributed by atoms with E-state index in [-0.39, 0.29) is 30.2 Å². The fourth-order valence-corrected chi connectivity index (χ4v) is 1.92. The van der Waals surface area contributed by atoms with Crippen molar-refractivity contribution in [2.24, 2.45) is 0 Å². The molecule has 0 spiro atoms. The molecule has 0 saturated carbocycles. The van der Waals surface area contributed by atoms with Gasteiger partial charge in [0.05, 0.1) is 4.92 Å². The maximum absolute atomic E-state index is 11.2. The molecule has 0 aliphatic carbocycles. The van der Waals surface area contributed by atoms with Crippen LogP contribution in [-0.2, 0) is 0 Å². The summed E-state index contributed by atoms with van der Waals surface area (Å²) in [5, 5.41) is 42.3. The summed E-state index contributed by atoms with van der Waals surface area (Å²) in [5.41, 5.74) is 0.174. The lowest BCUT2D eigenvalue weighted by Gasteiger charge is -2.27. The molecule has 0 bridgehead atoms. The van der Waals surface area contributed by atoms with Crippen LogP contribution in [0, 0.1) is 10.1 Å². The van der Waals surface area contributed by atoms with Crippen molar-refractivity contribution in [1.82, 2.24) is 0 Å². The lowest BCUT2D eigenvalue weighted by atomic mass is 10.2. The fraction of sp³-hybridized carbons (Fsp3) is 0.538. The largest absolute Gasteiger partial charge is 0.374 e. The standard InChI is InChI=1S/C13H21N3O5.ClH/c1-4-13(18,19)14-11-7-6-10(8-12(11)16(20)21)15(5-2)9(3)17;/h6-9,14,17-19H,4-5H2,1-3H3;1H. The van der Waals surface area contributed by atoms with Crippen LogP contribution in [0.15, 0.2) is 18.2 Å². The first kappa shape index (κ1) is 20.4. The molecule has 0 radical (unpaired) electrons. The third-order valence-corrected chi connectivity index (χ3v) is 3.13. The molecular weight excluding hydrogens is 314 g/mol. The van der Waals surface area contributed by atoms with Crippen LogP contribution in [-0.4, -0.2) is 38.9 Å². The van der Waals surface area contributed by atoms with Crippen molar-refractivity contribution < 1.29 is 20.2 Å². The molecule has 22 heavy (non-hydrogen) atoms. The molecule has 0 amide bonds. The fourth-order valence-electron chi connectivity index (χ4n) is 1.92. The second-order valence-electron chi connectivity index (χ2n) is 4.67. The highest BCUT2D eigenvalue weighted by atomic mass is 35.5. The van der Waals surface area contributed by atoms with Crippen molar-refractivity contribution in [3.05, 3.63) is 28.3 Å². The first-order valence-electron chi connectivity index (χ1n) is 6.68. The van der Waals surface area contributed by atoms with Crippen molar-refractivity contribution in [3.63, 3.8) is 0 Å².